The molecule has 1 heterocycles. The number of carboxylic acids is 1. The number of carbonyl (C=O) groups is 1. The molecule has 3 nitrogen and oxygen atoms in total. The van der Waals surface area contributed by atoms with Gasteiger partial charge in [0.1, 0.15) is 11.0 Å². The van der Waals surface area contributed by atoms with E-state index >= 15 is 0 Å². The molecule has 0 amide bonds. The molecule has 18 heavy (non-hydrogen) atoms. The minimum absolute atomic E-state index is 0.147. The Balaban J connectivity index is 2.80. The third-order valence-corrected chi connectivity index (χ3v) is 3.28. The molecule has 0 aliphatic heterocycles. The number of halogens is 2. The zero-order chi connectivity index (χ0) is 13.4. The molecular weight excluding hydrogens is 257 g/mol. The first-order valence-corrected chi connectivity index (χ1v) is 5.65. The van der Waals surface area contributed by atoms with E-state index in [4.69, 9.17) is 16.7 Å². The molecule has 0 aliphatic rings. The van der Waals surface area contributed by atoms with Crippen LogP contribution in [0, 0.1) is 5.82 Å². The highest BCUT2D eigenvalue weighted by atomic mass is 35.5. The zero-order valence-corrected chi connectivity index (χ0v) is 10.6. The van der Waals surface area contributed by atoms with Crippen LogP contribution in [0.5, 0.6) is 0 Å². The van der Waals surface area contributed by atoms with Gasteiger partial charge < -0.3 is 9.67 Å². The van der Waals surface area contributed by atoms with Crippen LogP contribution in [0.25, 0.3) is 17.0 Å². The van der Waals surface area contributed by atoms with Gasteiger partial charge in [-0.15, -0.1) is 0 Å². The predicted octanol–water partition coefficient (Wildman–Crippen LogP) is 3.46. The Bertz CT molecular complexity index is 673. The van der Waals surface area contributed by atoms with Gasteiger partial charge in [0.25, 0.3) is 0 Å². The lowest BCUT2D eigenvalue weighted by Gasteiger charge is -1.97. The number of nitrogens with zero attached hydrogens (tertiary/aromatic N) is 1. The smallest absolute Gasteiger partial charge is 0.331 e. The molecule has 1 aromatic carbocycles. The zero-order valence-electron chi connectivity index (χ0n) is 9.87. The second kappa shape index (κ2) is 4.46. The van der Waals surface area contributed by atoms with Gasteiger partial charge >= 0.3 is 5.97 Å². The van der Waals surface area contributed by atoms with Crippen molar-refractivity contribution in [2.75, 3.05) is 0 Å². The highest BCUT2D eigenvalue weighted by Gasteiger charge is 2.15. The van der Waals surface area contributed by atoms with Crippen LogP contribution in [0.1, 0.15) is 12.5 Å². The van der Waals surface area contributed by atoms with Crippen molar-refractivity contribution in [1.29, 1.82) is 0 Å². The Labute approximate surface area is 108 Å². The summed E-state index contributed by atoms with van der Waals surface area (Å²) in [7, 11) is 1.64. The molecule has 1 N–H and O–H groups in total. The summed E-state index contributed by atoms with van der Waals surface area (Å²) in [5.41, 5.74) is 1.04. The number of aryl methyl sites for hydroxylation is 1. The topological polar surface area (TPSA) is 42.2 Å². The molecule has 0 bridgehead atoms. The minimum atomic E-state index is -1.03. The highest BCUT2D eigenvalue weighted by molar-refractivity contribution is 6.33. The van der Waals surface area contributed by atoms with Gasteiger partial charge in [-0.25, -0.2) is 9.18 Å². The lowest BCUT2D eigenvalue weighted by atomic mass is 10.1. The van der Waals surface area contributed by atoms with Crippen molar-refractivity contribution in [1.82, 2.24) is 4.57 Å². The number of hydrogen-bond acceptors (Lipinski definition) is 1. The van der Waals surface area contributed by atoms with Crippen molar-refractivity contribution in [3.8, 4) is 0 Å². The summed E-state index contributed by atoms with van der Waals surface area (Å²) in [4.78, 5) is 10.8. The van der Waals surface area contributed by atoms with Crippen LogP contribution >= 0.6 is 11.6 Å². The van der Waals surface area contributed by atoms with Crippen LogP contribution in [0.15, 0.2) is 23.8 Å². The molecule has 0 saturated heterocycles. The average Bonchev–Trinajstić information content (AvgIpc) is 2.55. The van der Waals surface area contributed by atoms with Crippen LogP contribution in [-0.2, 0) is 11.8 Å². The number of para-hydroxylation sites is 1. The molecule has 0 atom stereocenters. The van der Waals surface area contributed by atoms with Crippen LogP contribution in [0.2, 0.25) is 5.15 Å². The predicted molar refractivity (Wildman–Crippen MR) is 69.2 cm³/mol. The summed E-state index contributed by atoms with van der Waals surface area (Å²) in [6.45, 7) is 1.47. The van der Waals surface area contributed by atoms with E-state index in [0.29, 0.717) is 21.6 Å². The van der Waals surface area contributed by atoms with Gasteiger partial charge in [0.2, 0.25) is 0 Å². The lowest BCUT2D eigenvalue weighted by molar-refractivity contribution is -0.132. The molecule has 2 rings (SSSR count). The maximum absolute atomic E-state index is 13.7. The number of benzene rings is 1. The molecule has 0 aliphatic carbocycles. The summed E-state index contributed by atoms with van der Waals surface area (Å²) < 4.78 is 15.2. The van der Waals surface area contributed by atoms with E-state index in [1.54, 1.807) is 19.2 Å². The molecule has 2 aromatic rings. The Hall–Kier alpha value is -1.81. The van der Waals surface area contributed by atoms with Crippen LogP contribution < -0.4 is 0 Å². The Morgan fingerprint density at radius 1 is 1.50 bits per heavy atom. The minimum Gasteiger partial charge on any atom is -0.478 e. The van der Waals surface area contributed by atoms with Gasteiger partial charge in [-0.2, -0.15) is 0 Å². The molecule has 0 saturated carbocycles. The van der Waals surface area contributed by atoms with Gasteiger partial charge in [-0.05, 0) is 19.1 Å². The first-order chi connectivity index (χ1) is 8.43. The second-order valence-corrected chi connectivity index (χ2v) is 4.39. The summed E-state index contributed by atoms with van der Waals surface area (Å²) in [6.07, 6.45) is 1.45. The molecular formula is C13H11ClFNO2. The van der Waals surface area contributed by atoms with E-state index in [1.807, 2.05) is 0 Å². The number of fused-ring (bicyclic) bond motifs is 1. The number of rotatable bonds is 2. The second-order valence-electron chi connectivity index (χ2n) is 4.03. The Morgan fingerprint density at radius 3 is 2.78 bits per heavy atom. The van der Waals surface area contributed by atoms with Crippen LogP contribution in [-0.4, -0.2) is 15.6 Å². The molecule has 0 unspecified atom stereocenters. The summed E-state index contributed by atoms with van der Waals surface area (Å²) in [5.74, 6) is -1.41. The van der Waals surface area contributed by atoms with Crippen molar-refractivity contribution in [2.45, 2.75) is 6.92 Å². The van der Waals surface area contributed by atoms with Crippen molar-refractivity contribution >= 4 is 34.5 Å². The van der Waals surface area contributed by atoms with Gasteiger partial charge in [0, 0.05) is 23.6 Å². The summed E-state index contributed by atoms with van der Waals surface area (Å²) in [6, 6.07) is 4.63. The van der Waals surface area contributed by atoms with Crippen molar-refractivity contribution in [3.05, 3.63) is 40.3 Å². The van der Waals surface area contributed by atoms with Gasteiger partial charge in [0.15, 0.2) is 0 Å². The van der Waals surface area contributed by atoms with Gasteiger partial charge in [-0.3, -0.25) is 0 Å². The third-order valence-electron chi connectivity index (χ3n) is 2.83. The molecule has 0 spiro atoms. The van der Waals surface area contributed by atoms with E-state index in [-0.39, 0.29) is 11.4 Å². The van der Waals surface area contributed by atoms with Crippen molar-refractivity contribution in [3.63, 3.8) is 0 Å². The maximum Gasteiger partial charge on any atom is 0.331 e. The lowest BCUT2D eigenvalue weighted by Crippen LogP contribution is -1.95. The largest absolute Gasteiger partial charge is 0.478 e. The number of hydrogen-bond donors (Lipinski definition) is 1. The number of aromatic nitrogens is 1. The standard InChI is InChI=1S/C13H11ClFNO2/c1-7(13(17)18)6-9-8-4-3-5-10(15)11(8)16(2)12(9)14/h3-6H,1-2H3,(H,17,18)/b7-6+. The number of carboxylic acid groups (broad SMARTS) is 1. The van der Waals surface area contributed by atoms with Crippen LogP contribution in [0.3, 0.4) is 0 Å². The SMILES string of the molecule is C/C(=C\c1c(Cl)n(C)c2c(F)cccc12)C(=O)O. The highest BCUT2D eigenvalue weighted by Crippen LogP contribution is 2.32. The van der Waals surface area contributed by atoms with E-state index < -0.39 is 5.97 Å². The third kappa shape index (κ3) is 1.88. The number of aliphatic carboxylic acids is 1. The Kier molecular flexibility index (Phi) is 3.13. The van der Waals surface area contributed by atoms with E-state index in [2.05, 4.69) is 0 Å². The normalized spacial score (nSPS) is 12.1. The molecule has 1 aromatic heterocycles. The fourth-order valence-corrected chi connectivity index (χ4v) is 2.12. The maximum atomic E-state index is 13.7. The molecule has 5 heteroatoms. The molecule has 94 valence electrons. The first kappa shape index (κ1) is 12.6. The van der Waals surface area contributed by atoms with Gasteiger partial charge in [0.05, 0.1) is 5.52 Å². The van der Waals surface area contributed by atoms with Crippen LogP contribution in [0.4, 0.5) is 4.39 Å². The Morgan fingerprint density at radius 2 is 2.17 bits per heavy atom. The van der Waals surface area contributed by atoms with Crippen molar-refractivity contribution < 1.29 is 14.3 Å². The quantitative estimate of drug-likeness (QED) is 0.847. The summed E-state index contributed by atoms with van der Waals surface area (Å²) in [5, 5.41) is 9.79. The molecule has 0 fully saturated rings. The molecule has 0 radical (unpaired) electrons. The monoisotopic (exact) mass is 267 g/mol. The van der Waals surface area contributed by atoms with E-state index in [0.717, 1.165) is 0 Å². The first-order valence-electron chi connectivity index (χ1n) is 5.27. The summed E-state index contributed by atoms with van der Waals surface area (Å²) >= 11 is 6.12. The average molecular weight is 268 g/mol. The van der Waals surface area contributed by atoms with Gasteiger partial charge in [-0.1, -0.05) is 23.7 Å². The van der Waals surface area contributed by atoms with E-state index in [9.17, 15) is 9.18 Å². The fraction of sp³-hybridized carbons (Fsp3) is 0.154. The fourth-order valence-electron chi connectivity index (χ4n) is 1.88. The van der Waals surface area contributed by atoms with E-state index in [1.165, 1.54) is 23.6 Å². The van der Waals surface area contributed by atoms with Crippen molar-refractivity contribution in [2.24, 2.45) is 7.05 Å².